The molecule has 0 saturated carbocycles. The summed E-state index contributed by atoms with van der Waals surface area (Å²) in [6.45, 7) is 4.61. The lowest BCUT2D eigenvalue weighted by Crippen LogP contribution is -2.37. The molecule has 0 bridgehead atoms. The highest BCUT2D eigenvalue weighted by Crippen LogP contribution is 2.21. The second-order valence-electron chi connectivity index (χ2n) is 10.1. The number of nitrogens with one attached hydrogen (secondary N) is 2. The molecule has 258 valence electrons. The fourth-order valence-corrected chi connectivity index (χ4v) is 4.27. The third-order valence-electron chi connectivity index (χ3n) is 6.60. The van der Waals surface area contributed by atoms with Crippen LogP contribution in [0.25, 0.3) is 11.1 Å². The number of alkyl halides is 6. The number of hydrogen-bond donors (Lipinski definition) is 4. The van der Waals surface area contributed by atoms with E-state index in [1.165, 1.54) is 32.4 Å². The van der Waals surface area contributed by atoms with Gasteiger partial charge in [0, 0.05) is 30.5 Å². The first-order valence-corrected chi connectivity index (χ1v) is 14.2. The number of likely N-dealkylation sites (tertiary alicyclic amines) is 1. The third kappa shape index (κ3) is 14.4. The molecule has 2 heterocycles. The Labute approximate surface area is 266 Å². The molecule has 1 aliphatic heterocycles. The molecule has 0 unspecified atom stereocenters. The van der Waals surface area contributed by atoms with Crippen LogP contribution in [0, 0.1) is 0 Å². The summed E-state index contributed by atoms with van der Waals surface area (Å²) < 4.78 is 68.8. The molecule has 1 fully saturated rings. The van der Waals surface area contributed by atoms with Crippen LogP contribution in [-0.4, -0.2) is 93.8 Å². The Kier molecular flexibility index (Phi) is 15.0. The number of piperidine rings is 1. The van der Waals surface area contributed by atoms with E-state index in [1.807, 2.05) is 59.6 Å². The number of nitrogens with zero attached hydrogens (tertiary/aromatic N) is 3. The van der Waals surface area contributed by atoms with Gasteiger partial charge in [-0.2, -0.15) is 31.4 Å². The summed E-state index contributed by atoms with van der Waals surface area (Å²) in [6.07, 6.45) is -1.68. The van der Waals surface area contributed by atoms with Crippen LogP contribution >= 0.6 is 0 Å². The minimum absolute atomic E-state index is 0.0903. The third-order valence-corrected chi connectivity index (χ3v) is 6.60. The number of ether oxygens (including phenoxy) is 1. The molecule has 1 aliphatic rings. The molecule has 2 amide bonds. The number of H-pyrrole nitrogens is 1. The minimum atomic E-state index is -5.08. The summed E-state index contributed by atoms with van der Waals surface area (Å²) in [6, 6.07) is 15.7. The predicted molar refractivity (Wildman–Crippen MR) is 159 cm³/mol. The number of methoxy groups -OCH3 is 1. The first-order chi connectivity index (χ1) is 22.1. The van der Waals surface area contributed by atoms with Crippen LogP contribution < -0.4 is 10.1 Å². The highest BCUT2D eigenvalue weighted by molar-refractivity contribution is 5.89. The molecular weight excluding hydrogens is 640 g/mol. The molecule has 47 heavy (non-hydrogen) atoms. The molecule has 1 aromatic heterocycles. The van der Waals surface area contributed by atoms with Crippen LogP contribution in [0.5, 0.6) is 5.75 Å². The van der Waals surface area contributed by atoms with Gasteiger partial charge in [0.25, 0.3) is 0 Å². The van der Waals surface area contributed by atoms with Crippen molar-refractivity contribution in [3.63, 3.8) is 0 Å². The standard InChI is InChI=1S/C26H33N5O2.2C2HF3O2/c1-33-25-8-5-7-21(17-25)20-31(16-6-15-30-13-3-2-4-14-30)26(32)29-24-11-9-22(10-12-24)23-18-27-28-19-23;2*3-2(4,5)1(6)7/h5,7-12,17-19H,2-4,6,13-16,20H2,1H3,(H,27,28)(H,29,32);2*(H,6,7). The summed E-state index contributed by atoms with van der Waals surface area (Å²) >= 11 is 0. The van der Waals surface area contributed by atoms with Crippen molar-refractivity contribution in [2.45, 2.75) is 44.6 Å². The highest BCUT2D eigenvalue weighted by Gasteiger charge is 2.38. The van der Waals surface area contributed by atoms with Crippen LogP contribution in [0.2, 0.25) is 0 Å². The van der Waals surface area contributed by atoms with Crippen molar-refractivity contribution in [3.05, 3.63) is 66.5 Å². The molecule has 0 radical (unpaired) electrons. The van der Waals surface area contributed by atoms with Crippen molar-refractivity contribution in [3.8, 4) is 16.9 Å². The number of aromatic amines is 1. The lowest BCUT2D eigenvalue weighted by molar-refractivity contribution is -0.193. The van der Waals surface area contributed by atoms with Crippen molar-refractivity contribution < 1.29 is 55.7 Å². The molecule has 0 spiro atoms. The van der Waals surface area contributed by atoms with Crippen LogP contribution in [0.3, 0.4) is 0 Å². The number of aliphatic carboxylic acids is 2. The summed E-state index contributed by atoms with van der Waals surface area (Å²) in [5.41, 5.74) is 3.90. The molecule has 3 aromatic rings. The van der Waals surface area contributed by atoms with Gasteiger partial charge in [-0.15, -0.1) is 0 Å². The lowest BCUT2D eigenvalue weighted by atomic mass is 10.1. The topological polar surface area (TPSA) is 148 Å². The van der Waals surface area contributed by atoms with Gasteiger partial charge in [-0.1, -0.05) is 30.7 Å². The smallest absolute Gasteiger partial charge is 0.490 e. The van der Waals surface area contributed by atoms with E-state index in [0.717, 1.165) is 41.1 Å². The number of amides is 2. The quantitative estimate of drug-likeness (QED) is 0.194. The number of carboxylic acids is 2. The predicted octanol–water partition coefficient (Wildman–Crippen LogP) is 6.26. The highest BCUT2D eigenvalue weighted by atomic mass is 19.4. The van der Waals surface area contributed by atoms with Crippen molar-refractivity contribution in [2.75, 3.05) is 38.6 Å². The molecule has 0 atom stereocenters. The van der Waals surface area contributed by atoms with Crippen molar-refractivity contribution in [2.24, 2.45) is 0 Å². The van der Waals surface area contributed by atoms with E-state index in [-0.39, 0.29) is 6.03 Å². The molecule has 4 N–H and O–H groups in total. The number of rotatable bonds is 9. The van der Waals surface area contributed by atoms with Gasteiger partial charge in [0.05, 0.1) is 13.3 Å². The second kappa shape index (κ2) is 18.4. The Morgan fingerprint density at radius 1 is 0.936 bits per heavy atom. The van der Waals surface area contributed by atoms with Crippen LogP contribution in [0.15, 0.2) is 60.9 Å². The Hall–Kier alpha value is -4.80. The first kappa shape index (κ1) is 38.4. The van der Waals surface area contributed by atoms with E-state index >= 15 is 0 Å². The van der Waals surface area contributed by atoms with Gasteiger partial charge >= 0.3 is 30.3 Å². The summed E-state index contributed by atoms with van der Waals surface area (Å²) in [7, 11) is 1.66. The number of halogens is 6. The maximum Gasteiger partial charge on any atom is 0.490 e. The fourth-order valence-electron chi connectivity index (χ4n) is 4.27. The fraction of sp³-hybridized carbons (Fsp3) is 0.400. The lowest BCUT2D eigenvalue weighted by Gasteiger charge is -2.28. The second-order valence-corrected chi connectivity index (χ2v) is 10.1. The van der Waals surface area contributed by atoms with Gasteiger partial charge in [0.1, 0.15) is 5.75 Å². The molecule has 2 aromatic carbocycles. The van der Waals surface area contributed by atoms with Gasteiger partial charge in [-0.25, -0.2) is 14.4 Å². The van der Waals surface area contributed by atoms with Crippen LogP contribution in [0.1, 0.15) is 31.2 Å². The molecule has 17 heteroatoms. The van der Waals surface area contributed by atoms with E-state index in [2.05, 4.69) is 20.4 Å². The number of anilines is 1. The summed E-state index contributed by atoms with van der Waals surface area (Å²) in [5.74, 6) is -4.71. The minimum Gasteiger partial charge on any atom is -0.497 e. The number of hydrogen-bond acceptors (Lipinski definition) is 6. The summed E-state index contributed by atoms with van der Waals surface area (Å²) in [5, 5.41) is 24.1. The van der Waals surface area contributed by atoms with Gasteiger partial charge in [0.2, 0.25) is 0 Å². The number of carbonyl (C=O) groups is 3. The number of benzene rings is 2. The zero-order chi connectivity index (χ0) is 35.0. The monoisotopic (exact) mass is 675 g/mol. The van der Waals surface area contributed by atoms with Gasteiger partial charge in [-0.3, -0.25) is 5.10 Å². The largest absolute Gasteiger partial charge is 0.497 e. The van der Waals surface area contributed by atoms with E-state index in [4.69, 9.17) is 24.5 Å². The van der Waals surface area contributed by atoms with Gasteiger partial charge in [0.15, 0.2) is 0 Å². The van der Waals surface area contributed by atoms with Crippen molar-refractivity contribution in [1.29, 1.82) is 0 Å². The Bertz CT molecular complexity index is 1370. The molecule has 1 saturated heterocycles. The van der Waals surface area contributed by atoms with Gasteiger partial charge in [-0.05, 0) is 74.3 Å². The number of urea groups is 1. The molecule has 0 aliphatic carbocycles. The maximum absolute atomic E-state index is 13.2. The van der Waals surface area contributed by atoms with Crippen molar-refractivity contribution >= 4 is 23.7 Å². The first-order valence-electron chi connectivity index (χ1n) is 14.2. The Balaban J connectivity index is 0.000000459. The Morgan fingerprint density at radius 3 is 2.04 bits per heavy atom. The average molecular weight is 676 g/mol. The Morgan fingerprint density at radius 2 is 1.53 bits per heavy atom. The zero-order valence-electron chi connectivity index (χ0n) is 25.3. The maximum atomic E-state index is 13.2. The van der Waals surface area contributed by atoms with E-state index in [1.54, 1.807) is 13.3 Å². The average Bonchev–Trinajstić information content (AvgIpc) is 3.56. The normalized spacial score (nSPS) is 13.3. The van der Waals surface area contributed by atoms with Gasteiger partial charge < -0.3 is 30.1 Å². The van der Waals surface area contributed by atoms with Crippen LogP contribution in [0.4, 0.5) is 36.8 Å². The van der Waals surface area contributed by atoms with E-state index in [0.29, 0.717) is 13.1 Å². The zero-order valence-corrected chi connectivity index (χ0v) is 25.3. The number of carboxylic acid groups (broad SMARTS) is 2. The van der Waals surface area contributed by atoms with Crippen LogP contribution in [-0.2, 0) is 16.1 Å². The van der Waals surface area contributed by atoms with E-state index in [9.17, 15) is 31.1 Å². The van der Waals surface area contributed by atoms with Crippen molar-refractivity contribution in [1.82, 2.24) is 20.0 Å². The SMILES string of the molecule is COc1cccc(CN(CCCN2CCCCC2)C(=O)Nc2ccc(-c3cn[nH]c3)cc2)c1.O=C(O)C(F)(F)F.O=C(O)C(F)(F)F. The summed E-state index contributed by atoms with van der Waals surface area (Å²) in [4.78, 5) is 35.4. The number of aromatic nitrogens is 2. The molecular formula is C30H35F6N5O6. The van der Waals surface area contributed by atoms with E-state index < -0.39 is 24.3 Å². The molecule has 11 nitrogen and oxygen atoms in total. The molecule has 4 rings (SSSR count). The number of carbonyl (C=O) groups excluding carboxylic acids is 1.